The number of aromatic nitrogens is 4. The van der Waals surface area contributed by atoms with Crippen LogP contribution < -0.4 is 0 Å². The Bertz CT molecular complexity index is 2800. The van der Waals surface area contributed by atoms with Gasteiger partial charge in [-0.2, -0.15) is 0 Å². The lowest BCUT2D eigenvalue weighted by molar-refractivity contribution is 0.669. The number of benzene rings is 6. The van der Waals surface area contributed by atoms with E-state index < -0.39 is 0 Å². The highest BCUT2D eigenvalue weighted by molar-refractivity contribution is 6.18. The maximum Gasteiger partial charge on any atom is 0.161 e. The van der Waals surface area contributed by atoms with Crippen LogP contribution in [0.1, 0.15) is 0 Å². The van der Waals surface area contributed by atoms with E-state index in [1.54, 1.807) is 0 Å². The molecule has 5 heteroatoms. The van der Waals surface area contributed by atoms with E-state index in [1.165, 1.54) is 0 Å². The quantitative estimate of drug-likeness (QED) is 0.193. The van der Waals surface area contributed by atoms with Crippen LogP contribution in [0, 0.1) is 0 Å². The Hall–Kier alpha value is -6.33. The van der Waals surface area contributed by atoms with Gasteiger partial charge in [0.05, 0.1) is 33.1 Å². The van der Waals surface area contributed by atoms with Gasteiger partial charge in [0.15, 0.2) is 5.82 Å². The predicted octanol–water partition coefficient (Wildman–Crippen LogP) is 10.5. The molecular weight excluding hydrogens is 564 g/mol. The van der Waals surface area contributed by atoms with Crippen molar-refractivity contribution in [3.63, 3.8) is 0 Å². The molecule has 0 saturated carbocycles. The standard InChI is InChI=1S/C41H24N4O/c1-3-12-25(13-4-1)27-22-23-34-30(24-27)36-29(17-11-21-35(36)46-34)40-43-38(26-14-5-2-6-15-26)37-39(44-40)28-16-7-9-19-32(28)45-33-20-10-8-18-31(33)42-41(37)45/h1-24H. The van der Waals surface area contributed by atoms with E-state index in [0.717, 1.165) is 88.4 Å². The van der Waals surface area contributed by atoms with Crippen LogP contribution in [0.15, 0.2) is 150 Å². The number of hydrogen-bond donors (Lipinski definition) is 0. The van der Waals surface area contributed by atoms with Gasteiger partial charge in [-0.15, -0.1) is 0 Å². The number of fused-ring (bicyclic) bond motifs is 11. The summed E-state index contributed by atoms with van der Waals surface area (Å²) < 4.78 is 8.65. The Balaban J connectivity index is 1.35. The second kappa shape index (κ2) is 9.58. The molecule has 5 nitrogen and oxygen atoms in total. The zero-order valence-corrected chi connectivity index (χ0v) is 24.6. The average Bonchev–Trinajstić information content (AvgIpc) is 3.71. The van der Waals surface area contributed by atoms with Crippen molar-refractivity contribution in [2.75, 3.05) is 0 Å². The lowest BCUT2D eigenvalue weighted by Crippen LogP contribution is -2.00. The molecule has 0 atom stereocenters. The third-order valence-electron chi connectivity index (χ3n) is 8.98. The second-order valence-electron chi connectivity index (χ2n) is 11.6. The highest BCUT2D eigenvalue weighted by atomic mass is 16.3. The molecule has 4 heterocycles. The van der Waals surface area contributed by atoms with Gasteiger partial charge in [-0.25, -0.2) is 15.0 Å². The number of para-hydroxylation sites is 3. The molecule has 0 aliphatic rings. The first kappa shape index (κ1) is 25.0. The summed E-state index contributed by atoms with van der Waals surface area (Å²) in [5, 5.41) is 4.02. The van der Waals surface area contributed by atoms with Gasteiger partial charge in [-0.1, -0.05) is 109 Å². The number of rotatable bonds is 3. The lowest BCUT2D eigenvalue weighted by Gasteiger charge is -2.14. The summed E-state index contributed by atoms with van der Waals surface area (Å²) in [6, 6.07) is 50.1. The Morgan fingerprint density at radius 1 is 0.478 bits per heavy atom. The van der Waals surface area contributed by atoms with Crippen molar-refractivity contribution in [3.05, 3.63) is 146 Å². The summed E-state index contributed by atoms with van der Waals surface area (Å²) in [6.07, 6.45) is 0. The Morgan fingerprint density at radius 3 is 2.07 bits per heavy atom. The normalized spacial score (nSPS) is 11.9. The molecule has 0 fully saturated rings. The topological polar surface area (TPSA) is 56.2 Å². The molecule has 214 valence electrons. The van der Waals surface area contributed by atoms with E-state index in [1.807, 2.05) is 30.3 Å². The first-order valence-corrected chi connectivity index (χ1v) is 15.4. The molecule has 0 spiro atoms. The van der Waals surface area contributed by atoms with Crippen molar-refractivity contribution < 1.29 is 4.42 Å². The van der Waals surface area contributed by atoms with E-state index in [-0.39, 0.29) is 0 Å². The Kier molecular flexibility index (Phi) is 5.22. The minimum atomic E-state index is 0.649. The van der Waals surface area contributed by atoms with Gasteiger partial charge < -0.3 is 4.42 Å². The molecule has 0 aliphatic carbocycles. The molecule has 0 amide bonds. The fourth-order valence-electron chi connectivity index (χ4n) is 6.92. The number of imidazole rings is 1. The average molecular weight is 589 g/mol. The Labute approximate surface area is 263 Å². The molecule has 46 heavy (non-hydrogen) atoms. The first-order chi connectivity index (χ1) is 22.8. The van der Waals surface area contributed by atoms with Gasteiger partial charge in [0.1, 0.15) is 16.8 Å². The molecular formula is C41H24N4O. The Morgan fingerprint density at radius 2 is 1.22 bits per heavy atom. The van der Waals surface area contributed by atoms with Crippen molar-refractivity contribution in [3.8, 4) is 33.8 Å². The maximum absolute atomic E-state index is 6.40. The summed E-state index contributed by atoms with van der Waals surface area (Å²) in [4.78, 5) is 15.9. The van der Waals surface area contributed by atoms with E-state index >= 15 is 0 Å². The summed E-state index contributed by atoms with van der Waals surface area (Å²) >= 11 is 0. The SMILES string of the molecule is c1ccc(-c2ccc3oc4cccc(-c5nc(-c6ccccc6)c6c(n5)c5ccccc5n5c7ccccc7nc65)c4c3c2)cc1. The number of nitrogens with zero attached hydrogens (tertiary/aromatic N) is 4. The second-order valence-corrected chi connectivity index (χ2v) is 11.6. The summed E-state index contributed by atoms with van der Waals surface area (Å²) in [6.45, 7) is 0. The molecule has 10 aromatic rings. The fourth-order valence-corrected chi connectivity index (χ4v) is 6.92. The van der Waals surface area contributed by atoms with Gasteiger partial charge >= 0.3 is 0 Å². The van der Waals surface area contributed by atoms with Crippen molar-refractivity contribution in [2.45, 2.75) is 0 Å². The molecule has 0 N–H and O–H groups in total. The maximum atomic E-state index is 6.40. The summed E-state index contributed by atoms with van der Waals surface area (Å²) in [5.41, 5.74) is 11.5. The zero-order valence-electron chi connectivity index (χ0n) is 24.6. The van der Waals surface area contributed by atoms with Crippen LogP contribution in [-0.2, 0) is 0 Å². The minimum Gasteiger partial charge on any atom is -0.456 e. The minimum absolute atomic E-state index is 0.649. The molecule has 0 aliphatic heterocycles. The van der Waals surface area contributed by atoms with E-state index in [2.05, 4.69) is 120 Å². The van der Waals surface area contributed by atoms with Crippen molar-refractivity contribution >= 4 is 60.4 Å². The van der Waals surface area contributed by atoms with Gasteiger partial charge in [-0.05, 0) is 47.5 Å². The molecule has 0 saturated heterocycles. The van der Waals surface area contributed by atoms with Crippen LogP contribution in [0.2, 0.25) is 0 Å². The third kappa shape index (κ3) is 3.60. The largest absolute Gasteiger partial charge is 0.456 e. The van der Waals surface area contributed by atoms with Gasteiger partial charge in [0.2, 0.25) is 0 Å². The highest BCUT2D eigenvalue weighted by Crippen LogP contribution is 2.41. The summed E-state index contributed by atoms with van der Waals surface area (Å²) in [7, 11) is 0. The zero-order chi connectivity index (χ0) is 30.2. The summed E-state index contributed by atoms with van der Waals surface area (Å²) in [5.74, 6) is 0.649. The molecule has 0 unspecified atom stereocenters. The van der Waals surface area contributed by atoms with Crippen LogP contribution >= 0.6 is 0 Å². The highest BCUT2D eigenvalue weighted by Gasteiger charge is 2.22. The van der Waals surface area contributed by atoms with Crippen molar-refractivity contribution in [2.24, 2.45) is 0 Å². The molecule has 6 aromatic carbocycles. The molecule has 0 bridgehead atoms. The number of hydrogen-bond acceptors (Lipinski definition) is 4. The van der Waals surface area contributed by atoms with Crippen molar-refractivity contribution in [1.82, 2.24) is 19.4 Å². The molecule has 10 rings (SSSR count). The fraction of sp³-hybridized carbons (Fsp3) is 0. The van der Waals surface area contributed by atoms with Gasteiger partial charge in [0, 0.05) is 27.3 Å². The third-order valence-corrected chi connectivity index (χ3v) is 8.98. The van der Waals surface area contributed by atoms with Crippen LogP contribution in [0.4, 0.5) is 0 Å². The first-order valence-electron chi connectivity index (χ1n) is 15.4. The monoisotopic (exact) mass is 588 g/mol. The van der Waals surface area contributed by atoms with Crippen LogP contribution in [0.5, 0.6) is 0 Å². The van der Waals surface area contributed by atoms with Crippen LogP contribution in [-0.4, -0.2) is 19.4 Å². The van der Waals surface area contributed by atoms with Crippen molar-refractivity contribution in [1.29, 1.82) is 0 Å². The smallest absolute Gasteiger partial charge is 0.161 e. The van der Waals surface area contributed by atoms with E-state index in [0.29, 0.717) is 5.82 Å². The number of pyridine rings is 1. The molecule has 4 aromatic heterocycles. The van der Waals surface area contributed by atoms with Crippen LogP contribution in [0.25, 0.3) is 94.2 Å². The van der Waals surface area contributed by atoms with Gasteiger partial charge in [0.25, 0.3) is 0 Å². The number of furan rings is 1. The van der Waals surface area contributed by atoms with E-state index in [4.69, 9.17) is 19.4 Å². The lowest BCUT2D eigenvalue weighted by atomic mass is 10.00. The van der Waals surface area contributed by atoms with E-state index in [9.17, 15) is 0 Å². The van der Waals surface area contributed by atoms with Crippen LogP contribution in [0.3, 0.4) is 0 Å². The van der Waals surface area contributed by atoms with Gasteiger partial charge in [-0.3, -0.25) is 4.40 Å². The molecule has 0 radical (unpaired) electrons. The predicted molar refractivity (Wildman–Crippen MR) is 187 cm³/mol.